The fraction of sp³-hybridized carbons (Fsp3) is 0.500. The highest BCUT2D eigenvalue weighted by molar-refractivity contribution is 6.45. The van der Waals surface area contributed by atoms with E-state index in [1.807, 2.05) is 0 Å². The predicted octanol–water partition coefficient (Wildman–Crippen LogP) is 2.28. The summed E-state index contributed by atoms with van der Waals surface area (Å²) in [5.74, 6) is -0.618. The van der Waals surface area contributed by atoms with Gasteiger partial charge in [-0.25, -0.2) is 0 Å². The first kappa shape index (κ1) is 9.34. The first-order valence-electron chi connectivity index (χ1n) is 3.86. The van der Waals surface area contributed by atoms with E-state index < -0.39 is 10.6 Å². The van der Waals surface area contributed by atoms with E-state index in [1.165, 1.54) is 6.26 Å². The lowest BCUT2D eigenvalue weighted by Gasteiger charge is -2.25. The van der Waals surface area contributed by atoms with E-state index >= 15 is 0 Å². The minimum absolute atomic E-state index is 0.469. The van der Waals surface area contributed by atoms with Gasteiger partial charge in [0.2, 0.25) is 0 Å². The fourth-order valence-corrected chi connectivity index (χ4v) is 1.75. The molecular weight excluding hydrogens is 215 g/mol. The van der Waals surface area contributed by atoms with Gasteiger partial charge in [0.15, 0.2) is 10.6 Å². The molecule has 2 heterocycles. The Morgan fingerprint density at radius 2 is 2.00 bits per heavy atom. The van der Waals surface area contributed by atoms with Crippen LogP contribution in [0.5, 0.6) is 0 Å². The zero-order valence-electron chi connectivity index (χ0n) is 6.70. The maximum absolute atomic E-state index is 5.79. The topological polar surface area (TPSA) is 31.6 Å². The molecule has 1 aromatic heterocycles. The van der Waals surface area contributed by atoms with Crippen LogP contribution in [0.3, 0.4) is 0 Å². The first-order chi connectivity index (χ1) is 6.26. The number of furan rings is 1. The molecule has 13 heavy (non-hydrogen) atoms. The molecule has 0 saturated carbocycles. The van der Waals surface area contributed by atoms with Crippen LogP contribution in [0.2, 0.25) is 0 Å². The summed E-state index contributed by atoms with van der Waals surface area (Å²) in [6.45, 7) is 0.938. The molecule has 0 unspecified atom stereocenters. The smallest absolute Gasteiger partial charge is 0.259 e. The fourth-order valence-electron chi connectivity index (χ4n) is 1.28. The second-order valence-electron chi connectivity index (χ2n) is 2.64. The Labute approximate surface area is 85.5 Å². The van der Waals surface area contributed by atoms with Gasteiger partial charge in [-0.2, -0.15) is 0 Å². The molecule has 3 nitrogen and oxygen atoms in total. The quantitative estimate of drug-likeness (QED) is 0.720. The van der Waals surface area contributed by atoms with Gasteiger partial charge in [-0.15, -0.1) is 0 Å². The Morgan fingerprint density at radius 3 is 2.46 bits per heavy atom. The van der Waals surface area contributed by atoms with Gasteiger partial charge in [-0.3, -0.25) is 0 Å². The van der Waals surface area contributed by atoms with Crippen molar-refractivity contribution < 1.29 is 13.9 Å². The average Bonchev–Trinajstić information content (AvgIpc) is 2.75. The van der Waals surface area contributed by atoms with E-state index in [0.717, 1.165) is 0 Å². The van der Waals surface area contributed by atoms with Crippen molar-refractivity contribution in [1.29, 1.82) is 0 Å². The normalized spacial score (nSPS) is 21.2. The third-order valence-electron chi connectivity index (χ3n) is 1.87. The zero-order chi connectivity index (χ0) is 9.31. The van der Waals surface area contributed by atoms with Crippen molar-refractivity contribution >= 4 is 23.2 Å². The van der Waals surface area contributed by atoms with Gasteiger partial charge < -0.3 is 13.9 Å². The Bertz CT molecular complexity index is 265. The number of ether oxygens (including phenoxy) is 2. The summed E-state index contributed by atoms with van der Waals surface area (Å²) in [7, 11) is 0. The summed E-state index contributed by atoms with van der Waals surface area (Å²) in [6, 6.07) is 3.46. The molecule has 0 aromatic carbocycles. The number of alkyl halides is 2. The van der Waals surface area contributed by atoms with Crippen molar-refractivity contribution in [2.24, 2.45) is 0 Å². The zero-order valence-corrected chi connectivity index (χ0v) is 8.22. The minimum Gasteiger partial charge on any atom is -0.463 e. The van der Waals surface area contributed by atoms with Gasteiger partial charge in [0.25, 0.3) is 5.79 Å². The van der Waals surface area contributed by atoms with E-state index in [-0.39, 0.29) is 0 Å². The molecule has 0 spiro atoms. The highest BCUT2D eigenvalue weighted by atomic mass is 35.5. The number of halogens is 2. The van der Waals surface area contributed by atoms with Crippen LogP contribution in [0, 0.1) is 0 Å². The molecule has 2 rings (SSSR count). The summed E-state index contributed by atoms with van der Waals surface area (Å²) in [6.07, 6.45) is 1.53. The van der Waals surface area contributed by atoms with Crippen LogP contribution < -0.4 is 0 Å². The molecule has 0 atom stereocenters. The molecule has 1 fully saturated rings. The molecule has 5 heteroatoms. The van der Waals surface area contributed by atoms with Crippen molar-refractivity contribution in [2.45, 2.75) is 10.6 Å². The Balaban J connectivity index is 2.33. The number of rotatable bonds is 2. The Morgan fingerprint density at radius 1 is 1.31 bits per heavy atom. The van der Waals surface area contributed by atoms with Crippen LogP contribution >= 0.6 is 23.2 Å². The first-order valence-corrected chi connectivity index (χ1v) is 4.73. The van der Waals surface area contributed by atoms with Gasteiger partial charge >= 0.3 is 0 Å². The third kappa shape index (κ3) is 1.46. The van der Waals surface area contributed by atoms with Gasteiger partial charge in [0.05, 0.1) is 19.5 Å². The van der Waals surface area contributed by atoms with E-state index in [2.05, 4.69) is 0 Å². The lowest BCUT2D eigenvalue weighted by molar-refractivity contribution is -0.167. The maximum atomic E-state index is 5.79. The van der Waals surface area contributed by atoms with Crippen molar-refractivity contribution in [1.82, 2.24) is 0 Å². The summed E-state index contributed by atoms with van der Waals surface area (Å²) in [5.41, 5.74) is 0. The Hall–Kier alpha value is -0.220. The van der Waals surface area contributed by atoms with E-state index in [9.17, 15) is 0 Å². The van der Waals surface area contributed by atoms with Crippen molar-refractivity contribution in [3.63, 3.8) is 0 Å². The summed E-state index contributed by atoms with van der Waals surface area (Å²) in [5, 5.41) is 0. The molecular formula is C8H8Cl2O3. The van der Waals surface area contributed by atoms with E-state index in [1.54, 1.807) is 12.1 Å². The summed E-state index contributed by atoms with van der Waals surface area (Å²) < 4.78 is 15.9. The van der Waals surface area contributed by atoms with Crippen LogP contribution in [-0.4, -0.2) is 18.1 Å². The van der Waals surface area contributed by atoms with Crippen LogP contribution in [0.4, 0.5) is 0 Å². The Kier molecular flexibility index (Phi) is 2.51. The molecule has 0 bridgehead atoms. The lowest BCUT2D eigenvalue weighted by atomic mass is 10.2. The van der Waals surface area contributed by atoms with E-state index in [0.29, 0.717) is 19.0 Å². The molecule has 0 radical (unpaired) electrons. The highest BCUT2D eigenvalue weighted by Crippen LogP contribution is 2.39. The maximum Gasteiger partial charge on any atom is 0.259 e. The van der Waals surface area contributed by atoms with Gasteiger partial charge in [0, 0.05) is 0 Å². The second-order valence-corrected chi connectivity index (χ2v) is 3.74. The molecule has 1 saturated heterocycles. The minimum atomic E-state index is -1.12. The standard InChI is InChI=1S/C8H8Cl2O3/c9-7(10)8(12-4-5-13-8)6-2-1-3-11-6/h1-3,7H,4-5H2. The predicted molar refractivity (Wildman–Crippen MR) is 47.8 cm³/mol. The van der Waals surface area contributed by atoms with E-state index in [4.69, 9.17) is 37.1 Å². The molecule has 0 N–H and O–H groups in total. The van der Waals surface area contributed by atoms with Gasteiger partial charge in [0.1, 0.15) is 0 Å². The third-order valence-corrected chi connectivity index (χ3v) is 2.44. The second kappa shape index (κ2) is 3.50. The van der Waals surface area contributed by atoms with Crippen LogP contribution in [-0.2, 0) is 15.3 Å². The van der Waals surface area contributed by atoms with Gasteiger partial charge in [-0.1, -0.05) is 23.2 Å². The summed E-state index contributed by atoms with van der Waals surface area (Å²) >= 11 is 11.6. The van der Waals surface area contributed by atoms with Crippen LogP contribution in [0.1, 0.15) is 5.76 Å². The van der Waals surface area contributed by atoms with Crippen LogP contribution in [0.25, 0.3) is 0 Å². The molecule has 1 aliphatic rings. The monoisotopic (exact) mass is 222 g/mol. The average molecular weight is 223 g/mol. The molecule has 1 aliphatic heterocycles. The van der Waals surface area contributed by atoms with Gasteiger partial charge in [-0.05, 0) is 12.1 Å². The largest absolute Gasteiger partial charge is 0.463 e. The summed E-state index contributed by atoms with van der Waals surface area (Å²) in [4.78, 5) is -0.804. The molecule has 1 aromatic rings. The van der Waals surface area contributed by atoms with Crippen molar-refractivity contribution in [3.8, 4) is 0 Å². The number of hydrogen-bond acceptors (Lipinski definition) is 3. The van der Waals surface area contributed by atoms with Crippen LogP contribution in [0.15, 0.2) is 22.8 Å². The molecule has 0 aliphatic carbocycles. The molecule has 0 amide bonds. The lowest BCUT2D eigenvalue weighted by Crippen LogP contribution is -2.33. The van der Waals surface area contributed by atoms with Crippen molar-refractivity contribution in [2.75, 3.05) is 13.2 Å². The highest BCUT2D eigenvalue weighted by Gasteiger charge is 2.47. The molecule has 72 valence electrons. The number of hydrogen-bond donors (Lipinski definition) is 0. The SMILES string of the molecule is ClC(Cl)C1(c2ccco2)OCCO1. The van der Waals surface area contributed by atoms with Crippen molar-refractivity contribution in [3.05, 3.63) is 24.2 Å².